The maximum atomic E-state index is 13.2. The number of aryl methyl sites for hydroxylation is 2. The maximum Gasteiger partial charge on any atom is 0.270 e. The Balaban J connectivity index is 1.55. The van der Waals surface area contributed by atoms with Crippen molar-refractivity contribution in [3.05, 3.63) is 58.4 Å². The fraction of sp³-hybridized carbons (Fsp3) is 0.480. The van der Waals surface area contributed by atoms with Crippen LogP contribution in [0.3, 0.4) is 0 Å². The lowest BCUT2D eigenvalue weighted by molar-refractivity contribution is -0.122. The number of nitrogens with zero attached hydrogens (tertiary/aromatic N) is 1. The van der Waals surface area contributed by atoms with Crippen molar-refractivity contribution in [1.82, 2.24) is 15.2 Å². The zero-order chi connectivity index (χ0) is 22.4. The monoisotopic (exact) mass is 423 g/mol. The summed E-state index contributed by atoms with van der Waals surface area (Å²) >= 11 is 0. The first-order valence-corrected chi connectivity index (χ1v) is 11.3. The molecule has 2 aromatic rings. The molecule has 3 rings (SSSR count). The van der Waals surface area contributed by atoms with E-state index in [9.17, 15) is 14.4 Å². The number of hydrogen-bond donors (Lipinski definition) is 2. The van der Waals surface area contributed by atoms with Crippen molar-refractivity contribution in [2.24, 2.45) is 0 Å². The molecule has 1 saturated heterocycles. The third kappa shape index (κ3) is 5.63. The van der Waals surface area contributed by atoms with Crippen LogP contribution < -0.4 is 5.32 Å². The predicted molar refractivity (Wildman–Crippen MR) is 121 cm³/mol. The van der Waals surface area contributed by atoms with Gasteiger partial charge in [0.2, 0.25) is 5.91 Å². The number of benzene rings is 1. The van der Waals surface area contributed by atoms with Crippen LogP contribution in [0, 0.1) is 6.92 Å². The molecule has 2 amide bonds. The van der Waals surface area contributed by atoms with Crippen LogP contribution in [-0.4, -0.2) is 46.6 Å². The van der Waals surface area contributed by atoms with Gasteiger partial charge in [-0.1, -0.05) is 43.7 Å². The highest BCUT2D eigenvalue weighted by Gasteiger charge is 2.29. The van der Waals surface area contributed by atoms with E-state index in [-0.39, 0.29) is 23.6 Å². The molecule has 2 N–H and O–H groups in total. The van der Waals surface area contributed by atoms with Gasteiger partial charge in [0.15, 0.2) is 5.78 Å². The summed E-state index contributed by atoms with van der Waals surface area (Å²) in [6.45, 7) is 6.65. The summed E-state index contributed by atoms with van der Waals surface area (Å²) in [6.07, 6.45) is 4.26. The molecule has 1 aliphatic heterocycles. The summed E-state index contributed by atoms with van der Waals surface area (Å²) in [5.74, 6) is 0.00558. The van der Waals surface area contributed by atoms with E-state index < -0.39 is 0 Å². The number of carbonyl (C=O) groups is 3. The predicted octanol–water partition coefficient (Wildman–Crippen LogP) is 3.83. The number of piperidine rings is 1. The minimum absolute atomic E-state index is 0.00632. The second-order valence-corrected chi connectivity index (χ2v) is 8.40. The van der Waals surface area contributed by atoms with Gasteiger partial charge >= 0.3 is 0 Å². The van der Waals surface area contributed by atoms with E-state index in [2.05, 4.69) is 10.3 Å². The molecule has 31 heavy (non-hydrogen) atoms. The van der Waals surface area contributed by atoms with E-state index in [0.717, 1.165) is 42.5 Å². The molecule has 1 aromatic carbocycles. The fourth-order valence-electron chi connectivity index (χ4n) is 4.42. The smallest absolute Gasteiger partial charge is 0.270 e. The molecule has 1 aromatic heterocycles. The number of H-pyrrole nitrogens is 1. The zero-order valence-electron chi connectivity index (χ0n) is 18.8. The van der Waals surface area contributed by atoms with Crippen LogP contribution in [0.4, 0.5) is 0 Å². The highest BCUT2D eigenvalue weighted by Crippen LogP contribution is 2.24. The number of aromatic nitrogens is 1. The molecule has 1 aliphatic rings. The SMILES string of the molecule is CCCc1c(C(=O)N2CCC(NC(=O)CCc3ccccc3)CC2)[nH]c(C)c1C(C)=O. The van der Waals surface area contributed by atoms with Gasteiger partial charge in [-0.05, 0) is 50.7 Å². The Labute approximate surface area is 184 Å². The first kappa shape index (κ1) is 22.8. The van der Waals surface area contributed by atoms with Crippen molar-refractivity contribution in [2.75, 3.05) is 13.1 Å². The fourth-order valence-corrected chi connectivity index (χ4v) is 4.42. The molecule has 0 bridgehead atoms. The lowest BCUT2D eigenvalue weighted by Crippen LogP contribution is -2.46. The van der Waals surface area contributed by atoms with Crippen molar-refractivity contribution in [3.63, 3.8) is 0 Å². The van der Waals surface area contributed by atoms with Gasteiger partial charge in [-0.25, -0.2) is 0 Å². The molecule has 6 nitrogen and oxygen atoms in total. The second-order valence-electron chi connectivity index (χ2n) is 8.40. The number of aromatic amines is 1. The number of amides is 2. The minimum atomic E-state index is -0.0482. The van der Waals surface area contributed by atoms with Gasteiger partial charge in [0, 0.05) is 36.8 Å². The summed E-state index contributed by atoms with van der Waals surface area (Å²) in [5.41, 5.74) is 3.97. The van der Waals surface area contributed by atoms with Crippen LogP contribution >= 0.6 is 0 Å². The van der Waals surface area contributed by atoms with E-state index in [1.807, 2.05) is 49.1 Å². The normalized spacial score (nSPS) is 14.5. The Bertz CT molecular complexity index is 925. The Morgan fingerprint density at radius 3 is 2.39 bits per heavy atom. The number of carbonyl (C=O) groups excluding carboxylic acids is 3. The van der Waals surface area contributed by atoms with E-state index in [0.29, 0.717) is 37.2 Å². The summed E-state index contributed by atoms with van der Waals surface area (Å²) in [6, 6.07) is 10.1. The minimum Gasteiger partial charge on any atom is -0.354 e. The lowest BCUT2D eigenvalue weighted by Gasteiger charge is -2.32. The Hall–Kier alpha value is -2.89. The van der Waals surface area contributed by atoms with Gasteiger partial charge in [0.25, 0.3) is 5.91 Å². The van der Waals surface area contributed by atoms with Crippen molar-refractivity contribution < 1.29 is 14.4 Å². The molecular formula is C25H33N3O3. The summed E-state index contributed by atoms with van der Waals surface area (Å²) in [5, 5.41) is 3.12. The summed E-state index contributed by atoms with van der Waals surface area (Å²) in [4.78, 5) is 42.6. The number of rotatable bonds is 8. The highest BCUT2D eigenvalue weighted by atomic mass is 16.2. The van der Waals surface area contributed by atoms with Gasteiger partial charge in [-0.15, -0.1) is 0 Å². The van der Waals surface area contributed by atoms with Crippen molar-refractivity contribution in [1.29, 1.82) is 0 Å². The van der Waals surface area contributed by atoms with Crippen LogP contribution in [0.5, 0.6) is 0 Å². The van der Waals surface area contributed by atoms with Crippen molar-refractivity contribution in [2.45, 2.75) is 65.3 Å². The number of hydrogen-bond acceptors (Lipinski definition) is 3. The summed E-state index contributed by atoms with van der Waals surface area (Å²) < 4.78 is 0. The molecule has 0 atom stereocenters. The Morgan fingerprint density at radius 1 is 1.10 bits per heavy atom. The molecule has 2 heterocycles. The molecule has 0 saturated carbocycles. The Kier molecular flexibility index (Phi) is 7.66. The number of nitrogens with one attached hydrogen (secondary N) is 2. The van der Waals surface area contributed by atoms with E-state index in [4.69, 9.17) is 0 Å². The van der Waals surface area contributed by atoms with Gasteiger partial charge in [-0.2, -0.15) is 0 Å². The average Bonchev–Trinajstić information content (AvgIpc) is 3.09. The van der Waals surface area contributed by atoms with Gasteiger partial charge < -0.3 is 15.2 Å². The van der Waals surface area contributed by atoms with Crippen LogP contribution in [0.2, 0.25) is 0 Å². The molecule has 6 heteroatoms. The van der Waals surface area contributed by atoms with Gasteiger partial charge in [0.1, 0.15) is 5.69 Å². The largest absolute Gasteiger partial charge is 0.354 e. The molecule has 0 spiro atoms. The zero-order valence-corrected chi connectivity index (χ0v) is 18.8. The van der Waals surface area contributed by atoms with Crippen LogP contribution in [0.15, 0.2) is 30.3 Å². The molecule has 0 radical (unpaired) electrons. The molecule has 166 valence electrons. The van der Waals surface area contributed by atoms with E-state index >= 15 is 0 Å². The number of ketones is 1. The van der Waals surface area contributed by atoms with Crippen LogP contribution in [0.1, 0.15) is 77.2 Å². The quantitative estimate of drug-likeness (QED) is 0.633. The molecule has 0 aliphatic carbocycles. The third-order valence-electron chi connectivity index (χ3n) is 5.99. The maximum absolute atomic E-state index is 13.2. The second kappa shape index (κ2) is 10.4. The lowest BCUT2D eigenvalue weighted by atomic mass is 9.99. The molecule has 0 unspecified atom stereocenters. The highest BCUT2D eigenvalue weighted by molar-refractivity contribution is 6.02. The van der Waals surface area contributed by atoms with Gasteiger partial charge in [-0.3, -0.25) is 14.4 Å². The van der Waals surface area contributed by atoms with Gasteiger partial charge in [0.05, 0.1) is 0 Å². The molecule has 1 fully saturated rings. The topological polar surface area (TPSA) is 82.3 Å². The third-order valence-corrected chi connectivity index (χ3v) is 5.99. The molecular weight excluding hydrogens is 390 g/mol. The van der Waals surface area contributed by atoms with Crippen molar-refractivity contribution >= 4 is 17.6 Å². The number of likely N-dealkylation sites (tertiary alicyclic amines) is 1. The van der Waals surface area contributed by atoms with E-state index in [1.54, 1.807) is 6.92 Å². The summed E-state index contributed by atoms with van der Waals surface area (Å²) in [7, 11) is 0. The van der Waals surface area contributed by atoms with Crippen molar-refractivity contribution in [3.8, 4) is 0 Å². The first-order chi connectivity index (χ1) is 14.9. The number of Topliss-reactive ketones (excluding diaryl/α,β-unsaturated/α-hetero) is 1. The Morgan fingerprint density at radius 2 is 1.77 bits per heavy atom. The average molecular weight is 424 g/mol. The van der Waals surface area contributed by atoms with Crippen LogP contribution in [0.25, 0.3) is 0 Å². The standard InChI is InChI=1S/C25H33N3O3/c1-4-8-21-23(18(3)29)17(2)26-24(21)25(31)28-15-13-20(14-16-28)27-22(30)12-11-19-9-6-5-7-10-19/h5-7,9-10,20,26H,4,8,11-16H2,1-3H3,(H,27,30). The van der Waals surface area contributed by atoms with Crippen LogP contribution in [-0.2, 0) is 17.6 Å². The van der Waals surface area contributed by atoms with E-state index in [1.165, 1.54) is 0 Å². The first-order valence-electron chi connectivity index (χ1n) is 11.3.